The smallest absolute Gasteiger partial charge is 0.341 e. The Morgan fingerprint density at radius 3 is 2.48 bits per heavy atom. The Kier molecular flexibility index (Phi) is 6.41. The van der Waals surface area contributed by atoms with Crippen LogP contribution in [0.3, 0.4) is 0 Å². The standard InChI is InChI=1S/C17H25N3O4S/c1-4-24-16(22)14-10(2)11(3)25-15(14)19-17(23)20-7-5-12(6-8-20)9-13(18)21/h12H,4-9H2,1-3H3,(H2,18,21)(H,19,23). The monoisotopic (exact) mass is 367 g/mol. The van der Waals surface area contributed by atoms with Gasteiger partial charge in [0.2, 0.25) is 5.91 Å². The van der Waals surface area contributed by atoms with Crippen molar-refractivity contribution < 1.29 is 19.1 Å². The fraction of sp³-hybridized carbons (Fsp3) is 0.588. The third-order valence-electron chi connectivity index (χ3n) is 4.48. The van der Waals surface area contributed by atoms with Crippen molar-refractivity contribution in [1.29, 1.82) is 0 Å². The van der Waals surface area contributed by atoms with Crippen molar-refractivity contribution in [3.8, 4) is 0 Å². The van der Waals surface area contributed by atoms with Crippen molar-refractivity contribution in [2.24, 2.45) is 11.7 Å². The third-order valence-corrected chi connectivity index (χ3v) is 5.60. The Hall–Kier alpha value is -2.09. The molecule has 3 N–H and O–H groups in total. The van der Waals surface area contributed by atoms with E-state index >= 15 is 0 Å². The highest BCUT2D eigenvalue weighted by Crippen LogP contribution is 2.33. The maximum Gasteiger partial charge on any atom is 0.341 e. The molecule has 0 unspecified atom stereocenters. The average Bonchev–Trinajstić information content (AvgIpc) is 2.82. The van der Waals surface area contributed by atoms with Crippen LogP contribution in [0.15, 0.2) is 0 Å². The number of thiophene rings is 1. The van der Waals surface area contributed by atoms with E-state index in [0.717, 1.165) is 23.3 Å². The predicted octanol–water partition coefficient (Wildman–Crippen LogP) is 2.66. The minimum Gasteiger partial charge on any atom is -0.462 e. The van der Waals surface area contributed by atoms with Crippen molar-refractivity contribution in [1.82, 2.24) is 4.90 Å². The third kappa shape index (κ3) is 4.72. The van der Waals surface area contributed by atoms with Crippen LogP contribution in [-0.4, -0.2) is 42.5 Å². The van der Waals surface area contributed by atoms with Gasteiger partial charge in [0.15, 0.2) is 0 Å². The van der Waals surface area contributed by atoms with E-state index < -0.39 is 5.97 Å². The Morgan fingerprint density at radius 2 is 1.92 bits per heavy atom. The second kappa shape index (κ2) is 8.33. The van der Waals surface area contributed by atoms with Gasteiger partial charge in [-0.05, 0) is 45.1 Å². The number of rotatable bonds is 5. The van der Waals surface area contributed by atoms with Crippen LogP contribution in [0, 0.1) is 19.8 Å². The van der Waals surface area contributed by atoms with Crippen LogP contribution in [0.2, 0.25) is 0 Å². The number of nitrogens with one attached hydrogen (secondary N) is 1. The number of anilines is 1. The van der Waals surface area contributed by atoms with Gasteiger partial charge in [-0.25, -0.2) is 9.59 Å². The van der Waals surface area contributed by atoms with Crippen LogP contribution < -0.4 is 11.1 Å². The zero-order valence-electron chi connectivity index (χ0n) is 14.9. The average molecular weight is 367 g/mol. The summed E-state index contributed by atoms with van der Waals surface area (Å²) in [5.41, 5.74) is 6.50. The number of amides is 3. The van der Waals surface area contributed by atoms with Gasteiger partial charge in [-0.15, -0.1) is 11.3 Å². The highest BCUT2D eigenvalue weighted by atomic mass is 32.1. The van der Waals surface area contributed by atoms with Crippen LogP contribution >= 0.6 is 11.3 Å². The van der Waals surface area contributed by atoms with E-state index in [2.05, 4.69) is 5.32 Å². The summed E-state index contributed by atoms with van der Waals surface area (Å²) < 4.78 is 5.10. The van der Waals surface area contributed by atoms with E-state index in [1.807, 2.05) is 13.8 Å². The zero-order chi connectivity index (χ0) is 18.6. The summed E-state index contributed by atoms with van der Waals surface area (Å²) in [4.78, 5) is 38.4. The molecule has 2 heterocycles. The molecule has 1 aliphatic rings. The molecule has 0 atom stereocenters. The lowest BCUT2D eigenvalue weighted by molar-refractivity contribution is -0.119. The first-order valence-corrected chi connectivity index (χ1v) is 9.26. The lowest BCUT2D eigenvalue weighted by atomic mass is 9.93. The number of nitrogens with zero attached hydrogens (tertiary/aromatic N) is 1. The van der Waals surface area contributed by atoms with Gasteiger partial charge in [0, 0.05) is 24.4 Å². The Balaban J connectivity index is 2.03. The number of hydrogen-bond acceptors (Lipinski definition) is 5. The summed E-state index contributed by atoms with van der Waals surface area (Å²) in [6, 6.07) is -0.232. The fourth-order valence-corrected chi connectivity index (χ4v) is 4.00. The summed E-state index contributed by atoms with van der Waals surface area (Å²) in [5, 5.41) is 3.38. The number of esters is 1. The molecule has 138 valence electrons. The second-order valence-electron chi connectivity index (χ2n) is 6.24. The van der Waals surface area contributed by atoms with Gasteiger partial charge in [-0.2, -0.15) is 0 Å². The molecule has 0 bridgehead atoms. The molecule has 3 amide bonds. The van der Waals surface area contributed by atoms with Crippen molar-refractivity contribution >= 4 is 34.2 Å². The number of ether oxygens (including phenoxy) is 1. The number of hydrogen-bond donors (Lipinski definition) is 2. The highest BCUT2D eigenvalue weighted by Gasteiger charge is 2.27. The number of aryl methyl sites for hydroxylation is 1. The van der Waals surface area contributed by atoms with Crippen molar-refractivity contribution in [3.63, 3.8) is 0 Å². The van der Waals surface area contributed by atoms with Gasteiger partial charge in [-0.1, -0.05) is 0 Å². The maximum atomic E-state index is 12.5. The molecular formula is C17H25N3O4S. The van der Waals surface area contributed by atoms with Crippen LogP contribution in [0.25, 0.3) is 0 Å². The van der Waals surface area contributed by atoms with E-state index in [1.165, 1.54) is 11.3 Å². The number of primary amides is 1. The second-order valence-corrected chi connectivity index (χ2v) is 7.46. The first kappa shape index (κ1) is 19.2. The Bertz CT molecular complexity index is 663. The van der Waals surface area contributed by atoms with Crippen LogP contribution in [0.4, 0.5) is 9.80 Å². The van der Waals surface area contributed by atoms with Gasteiger partial charge in [0.25, 0.3) is 0 Å². The number of likely N-dealkylation sites (tertiary alicyclic amines) is 1. The van der Waals surface area contributed by atoms with E-state index in [4.69, 9.17) is 10.5 Å². The summed E-state index contributed by atoms with van der Waals surface area (Å²) in [6.45, 7) is 6.94. The van der Waals surface area contributed by atoms with Crippen molar-refractivity contribution in [3.05, 3.63) is 16.0 Å². The van der Waals surface area contributed by atoms with Gasteiger partial charge < -0.3 is 15.4 Å². The molecule has 0 saturated carbocycles. The minimum atomic E-state index is -0.417. The highest BCUT2D eigenvalue weighted by molar-refractivity contribution is 7.16. The van der Waals surface area contributed by atoms with E-state index in [-0.39, 0.29) is 24.5 Å². The topological polar surface area (TPSA) is 102 Å². The van der Waals surface area contributed by atoms with Gasteiger partial charge in [0.05, 0.1) is 12.2 Å². The molecule has 25 heavy (non-hydrogen) atoms. The zero-order valence-corrected chi connectivity index (χ0v) is 15.7. The van der Waals surface area contributed by atoms with Crippen LogP contribution in [-0.2, 0) is 9.53 Å². The molecule has 2 rings (SSSR count). The van der Waals surface area contributed by atoms with Crippen LogP contribution in [0.5, 0.6) is 0 Å². The first-order valence-electron chi connectivity index (χ1n) is 8.44. The van der Waals surface area contributed by atoms with E-state index in [0.29, 0.717) is 30.1 Å². The quantitative estimate of drug-likeness (QED) is 0.781. The molecule has 0 aromatic carbocycles. The minimum absolute atomic E-state index is 0.232. The summed E-state index contributed by atoms with van der Waals surface area (Å²) in [7, 11) is 0. The number of nitrogens with two attached hydrogens (primary N) is 1. The first-order chi connectivity index (χ1) is 11.8. The number of carbonyl (C=O) groups is 3. The summed E-state index contributed by atoms with van der Waals surface area (Å²) >= 11 is 1.38. The van der Waals surface area contributed by atoms with E-state index in [1.54, 1.807) is 11.8 Å². The molecule has 8 heteroatoms. The van der Waals surface area contributed by atoms with Crippen molar-refractivity contribution in [2.45, 2.75) is 40.0 Å². The lowest BCUT2D eigenvalue weighted by Crippen LogP contribution is -2.41. The molecule has 7 nitrogen and oxygen atoms in total. The SMILES string of the molecule is CCOC(=O)c1c(NC(=O)N2CCC(CC(N)=O)CC2)sc(C)c1C. The maximum absolute atomic E-state index is 12.5. The molecular weight excluding hydrogens is 342 g/mol. The molecule has 1 aromatic rings. The van der Waals surface area contributed by atoms with Gasteiger partial charge in [0.1, 0.15) is 5.00 Å². The number of urea groups is 1. The lowest BCUT2D eigenvalue weighted by Gasteiger charge is -2.31. The molecule has 0 radical (unpaired) electrons. The molecule has 1 saturated heterocycles. The van der Waals surface area contributed by atoms with E-state index in [9.17, 15) is 14.4 Å². The number of carbonyl (C=O) groups excluding carboxylic acids is 3. The summed E-state index contributed by atoms with van der Waals surface area (Å²) in [5.74, 6) is -0.478. The molecule has 0 spiro atoms. The molecule has 1 aliphatic heterocycles. The van der Waals surface area contributed by atoms with Crippen molar-refractivity contribution in [2.75, 3.05) is 25.0 Å². The molecule has 1 aromatic heterocycles. The molecule has 0 aliphatic carbocycles. The normalized spacial score (nSPS) is 15.1. The predicted molar refractivity (Wildman–Crippen MR) is 96.9 cm³/mol. The Labute approximate surface area is 151 Å². The largest absolute Gasteiger partial charge is 0.462 e. The number of piperidine rings is 1. The Morgan fingerprint density at radius 1 is 1.28 bits per heavy atom. The fourth-order valence-electron chi connectivity index (χ4n) is 2.96. The molecule has 1 fully saturated rings. The van der Waals surface area contributed by atoms with Crippen LogP contribution in [0.1, 0.15) is 47.0 Å². The van der Waals surface area contributed by atoms with Gasteiger partial charge >= 0.3 is 12.0 Å². The summed E-state index contributed by atoms with van der Waals surface area (Å²) in [6.07, 6.45) is 1.87. The van der Waals surface area contributed by atoms with Gasteiger partial charge in [-0.3, -0.25) is 10.1 Å².